The van der Waals surface area contributed by atoms with Crippen molar-refractivity contribution >= 4 is 5.91 Å². The van der Waals surface area contributed by atoms with Crippen molar-refractivity contribution < 1.29 is 4.79 Å². The summed E-state index contributed by atoms with van der Waals surface area (Å²) in [7, 11) is 0. The number of hydrogen-bond acceptors (Lipinski definition) is 1. The van der Waals surface area contributed by atoms with Gasteiger partial charge in [-0.25, -0.2) is 0 Å². The Hall–Kier alpha value is -1.31. The molecule has 1 aromatic carbocycles. The summed E-state index contributed by atoms with van der Waals surface area (Å²) in [4.78, 5) is 11.3. The molecule has 1 aliphatic rings. The van der Waals surface area contributed by atoms with Crippen molar-refractivity contribution in [3.8, 4) is 0 Å². The Bertz CT molecular complexity index is 344. The van der Waals surface area contributed by atoms with Crippen molar-refractivity contribution in [3.63, 3.8) is 0 Å². The minimum Gasteiger partial charge on any atom is -0.345 e. The van der Waals surface area contributed by atoms with Crippen molar-refractivity contribution in [2.24, 2.45) is 0 Å². The molecule has 1 amide bonds. The number of benzene rings is 1. The van der Waals surface area contributed by atoms with E-state index in [-0.39, 0.29) is 11.9 Å². The maximum absolute atomic E-state index is 11.3. The molecule has 62 valence electrons. The summed E-state index contributed by atoms with van der Waals surface area (Å²) in [5, 5.41) is 2.87. The second-order valence-corrected chi connectivity index (χ2v) is 3.29. The quantitative estimate of drug-likeness (QED) is 0.617. The minimum absolute atomic E-state index is 0.0567. The van der Waals surface area contributed by atoms with Crippen LogP contribution in [0, 0.1) is 6.92 Å². The standard InChI is InChI=1S/C10H11NO/c1-6-3-4-8-7(2)11-10(12)9(8)5-6/h3-5,7H,1-2H3,(H,11,12). The molecule has 0 fully saturated rings. The van der Waals surface area contributed by atoms with Crippen LogP contribution in [0.3, 0.4) is 0 Å². The van der Waals surface area contributed by atoms with Gasteiger partial charge in [0.25, 0.3) is 5.91 Å². The SMILES string of the molecule is Cc1ccc2c(c1)C(=O)NC2C. The van der Waals surface area contributed by atoms with Crippen molar-refractivity contribution in [1.82, 2.24) is 5.32 Å². The van der Waals surface area contributed by atoms with Crippen LogP contribution in [-0.4, -0.2) is 5.91 Å². The molecular formula is C10H11NO. The van der Waals surface area contributed by atoms with Gasteiger partial charge in [-0.2, -0.15) is 0 Å². The number of nitrogens with one attached hydrogen (secondary N) is 1. The Morgan fingerprint density at radius 3 is 2.92 bits per heavy atom. The van der Waals surface area contributed by atoms with Gasteiger partial charge in [0.05, 0.1) is 6.04 Å². The van der Waals surface area contributed by atoms with Crippen LogP contribution in [0.25, 0.3) is 0 Å². The van der Waals surface area contributed by atoms with Crippen molar-refractivity contribution in [2.75, 3.05) is 0 Å². The molecule has 0 saturated heterocycles. The average molecular weight is 161 g/mol. The molecule has 0 radical (unpaired) electrons. The molecule has 2 nitrogen and oxygen atoms in total. The Labute approximate surface area is 71.6 Å². The van der Waals surface area contributed by atoms with Crippen LogP contribution >= 0.6 is 0 Å². The summed E-state index contributed by atoms with van der Waals surface area (Å²) in [5.74, 6) is 0.0567. The molecule has 1 unspecified atom stereocenters. The molecule has 0 bridgehead atoms. The monoisotopic (exact) mass is 161 g/mol. The highest BCUT2D eigenvalue weighted by Gasteiger charge is 2.24. The summed E-state index contributed by atoms with van der Waals surface area (Å²) in [6, 6.07) is 6.17. The molecule has 0 saturated carbocycles. The van der Waals surface area contributed by atoms with Crippen molar-refractivity contribution in [3.05, 3.63) is 34.9 Å². The third-order valence-electron chi connectivity index (χ3n) is 2.27. The van der Waals surface area contributed by atoms with Crippen molar-refractivity contribution in [1.29, 1.82) is 0 Å². The third kappa shape index (κ3) is 0.916. The number of amides is 1. The van der Waals surface area contributed by atoms with E-state index < -0.39 is 0 Å². The molecule has 2 heteroatoms. The van der Waals surface area contributed by atoms with Gasteiger partial charge in [-0.15, -0.1) is 0 Å². The van der Waals surface area contributed by atoms with Crippen LogP contribution < -0.4 is 5.32 Å². The lowest BCUT2D eigenvalue weighted by Gasteiger charge is -2.02. The van der Waals surface area contributed by atoms with Gasteiger partial charge in [0.2, 0.25) is 0 Å². The van der Waals surface area contributed by atoms with Crippen LogP contribution in [-0.2, 0) is 0 Å². The number of aryl methyl sites for hydroxylation is 1. The molecular weight excluding hydrogens is 150 g/mol. The van der Waals surface area contributed by atoms with Gasteiger partial charge in [-0.3, -0.25) is 4.79 Å². The van der Waals surface area contributed by atoms with E-state index in [1.54, 1.807) is 0 Å². The fraction of sp³-hybridized carbons (Fsp3) is 0.300. The summed E-state index contributed by atoms with van der Waals surface area (Å²) in [5.41, 5.74) is 3.09. The molecule has 12 heavy (non-hydrogen) atoms. The zero-order valence-corrected chi connectivity index (χ0v) is 7.22. The second-order valence-electron chi connectivity index (χ2n) is 3.29. The molecule has 2 rings (SSSR count). The Kier molecular flexibility index (Phi) is 1.43. The third-order valence-corrected chi connectivity index (χ3v) is 2.27. The fourth-order valence-corrected chi connectivity index (χ4v) is 1.60. The van der Waals surface area contributed by atoms with Crippen molar-refractivity contribution in [2.45, 2.75) is 19.9 Å². The smallest absolute Gasteiger partial charge is 0.252 e. The highest BCUT2D eigenvalue weighted by atomic mass is 16.2. The highest BCUT2D eigenvalue weighted by Crippen LogP contribution is 2.25. The Morgan fingerprint density at radius 1 is 1.42 bits per heavy atom. The molecule has 0 spiro atoms. The number of carbonyl (C=O) groups excluding carboxylic acids is 1. The first kappa shape index (κ1) is 7.35. The van der Waals surface area contributed by atoms with Gasteiger partial charge in [0, 0.05) is 5.56 Å². The lowest BCUT2D eigenvalue weighted by atomic mass is 10.0. The van der Waals surface area contributed by atoms with E-state index in [1.165, 1.54) is 0 Å². The first-order valence-electron chi connectivity index (χ1n) is 4.10. The Morgan fingerprint density at radius 2 is 2.17 bits per heavy atom. The van der Waals surface area contributed by atoms with Crippen LogP contribution in [0.2, 0.25) is 0 Å². The van der Waals surface area contributed by atoms with E-state index >= 15 is 0 Å². The largest absolute Gasteiger partial charge is 0.345 e. The van der Waals surface area contributed by atoms with E-state index in [2.05, 4.69) is 5.32 Å². The summed E-state index contributed by atoms with van der Waals surface area (Å²) in [6.45, 7) is 4.00. The van der Waals surface area contributed by atoms with E-state index in [4.69, 9.17) is 0 Å². The average Bonchev–Trinajstić information content (AvgIpc) is 2.28. The van der Waals surface area contributed by atoms with Gasteiger partial charge < -0.3 is 5.32 Å². The zero-order valence-electron chi connectivity index (χ0n) is 7.22. The van der Waals surface area contributed by atoms with E-state index in [0.717, 1.165) is 16.7 Å². The first-order chi connectivity index (χ1) is 5.68. The topological polar surface area (TPSA) is 29.1 Å². The maximum Gasteiger partial charge on any atom is 0.252 e. The summed E-state index contributed by atoms with van der Waals surface area (Å²) >= 11 is 0. The lowest BCUT2D eigenvalue weighted by molar-refractivity contribution is 0.0958. The normalized spacial score (nSPS) is 20.5. The fourth-order valence-electron chi connectivity index (χ4n) is 1.60. The van der Waals surface area contributed by atoms with E-state index in [0.29, 0.717) is 0 Å². The number of fused-ring (bicyclic) bond motifs is 1. The van der Waals surface area contributed by atoms with E-state index in [1.807, 2.05) is 32.0 Å². The molecule has 1 atom stereocenters. The number of carbonyl (C=O) groups is 1. The van der Waals surface area contributed by atoms with Crippen LogP contribution in [0.5, 0.6) is 0 Å². The first-order valence-corrected chi connectivity index (χ1v) is 4.10. The highest BCUT2D eigenvalue weighted by molar-refractivity contribution is 5.99. The van der Waals surface area contributed by atoms with Gasteiger partial charge in [-0.05, 0) is 25.5 Å². The minimum atomic E-state index is 0.0567. The van der Waals surface area contributed by atoms with E-state index in [9.17, 15) is 4.79 Å². The second kappa shape index (κ2) is 2.34. The van der Waals surface area contributed by atoms with Gasteiger partial charge in [-0.1, -0.05) is 17.7 Å². The summed E-state index contributed by atoms with van der Waals surface area (Å²) in [6.07, 6.45) is 0. The zero-order chi connectivity index (χ0) is 8.72. The van der Waals surface area contributed by atoms with Crippen LogP contribution in [0.15, 0.2) is 18.2 Å². The number of rotatable bonds is 0. The molecule has 1 N–H and O–H groups in total. The molecule has 1 aromatic rings. The maximum atomic E-state index is 11.3. The molecule has 1 heterocycles. The van der Waals surface area contributed by atoms with Crippen LogP contribution in [0.1, 0.15) is 34.5 Å². The summed E-state index contributed by atoms with van der Waals surface area (Å²) < 4.78 is 0. The number of hydrogen-bond donors (Lipinski definition) is 1. The molecule has 0 aliphatic carbocycles. The molecule has 0 aromatic heterocycles. The van der Waals surface area contributed by atoms with Gasteiger partial charge in [0.1, 0.15) is 0 Å². The van der Waals surface area contributed by atoms with Gasteiger partial charge >= 0.3 is 0 Å². The molecule has 1 aliphatic heterocycles. The Balaban J connectivity index is 2.60. The van der Waals surface area contributed by atoms with Crippen LogP contribution in [0.4, 0.5) is 0 Å². The lowest BCUT2D eigenvalue weighted by Crippen LogP contribution is -2.16. The predicted octanol–water partition coefficient (Wildman–Crippen LogP) is 1.80. The van der Waals surface area contributed by atoms with Gasteiger partial charge in [0.15, 0.2) is 0 Å². The predicted molar refractivity (Wildman–Crippen MR) is 47.1 cm³/mol.